The van der Waals surface area contributed by atoms with E-state index in [0.717, 1.165) is 42.1 Å². The van der Waals surface area contributed by atoms with E-state index in [-0.39, 0.29) is 5.63 Å². The van der Waals surface area contributed by atoms with Gasteiger partial charge in [-0.15, -0.1) is 0 Å². The Morgan fingerprint density at radius 3 is 2.95 bits per heavy atom. The first-order valence-electron chi connectivity index (χ1n) is 7.48. The summed E-state index contributed by atoms with van der Waals surface area (Å²) in [6.07, 6.45) is 2.51. The zero-order valence-corrected chi connectivity index (χ0v) is 13.2. The largest absolute Gasteiger partial charge is 0.423 e. The Balaban J connectivity index is 2.00. The molecule has 3 rings (SSSR count). The second-order valence-corrected chi connectivity index (χ2v) is 6.58. The Labute approximate surface area is 129 Å². The Bertz CT molecular complexity index is 723. The molecule has 1 aromatic heterocycles. The standard InChI is InChI=1S/C17H20ClNO2/c1-11-4-3-5-19(9-11)10-13-7-17(20)21-16-6-12(2)15(18)8-14(13)16/h6-8,11H,3-5,9-10H2,1-2H3. The molecular formula is C17H20ClNO2. The predicted octanol–water partition coefficient (Wildman–Crippen LogP) is 3.99. The van der Waals surface area contributed by atoms with Gasteiger partial charge in [-0.1, -0.05) is 18.5 Å². The summed E-state index contributed by atoms with van der Waals surface area (Å²) in [7, 11) is 0. The fourth-order valence-corrected chi connectivity index (χ4v) is 3.31. The van der Waals surface area contributed by atoms with E-state index in [9.17, 15) is 4.79 Å². The number of fused-ring (bicyclic) bond motifs is 1. The van der Waals surface area contributed by atoms with Gasteiger partial charge in [-0.2, -0.15) is 0 Å². The lowest BCUT2D eigenvalue weighted by Gasteiger charge is -2.31. The summed E-state index contributed by atoms with van der Waals surface area (Å²) in [5.74, 6) is 0.718. The minimum absolute atomic E-state index is 0.288. The van der Waals surface area contributed by atoms with Crippen LogP contribution in [0.4, 0.5) is 0 Å². The van der Waals surface area contributed by atoms with Crippen LogP contribution in [-0.4, -0.2) is 18.0 Å². The molecule has 1 aromatic carbocycles. The third kappa shape index (κ3) is 3.14. The number of hydrogen-bond donors (Lipinski definition) is 0. The predicted molar refractivity (Wildman–Crippen MR) is 85.9 cm³/mol. The Kier molecular flexibility index (Phi) is 4.05. The molecule has 4 heteroatoms. The van der Waals surface area contributed by atoms with Gasteiger partial charge >= 0.3 is 5.63 Å². The van der Waals surface area contributed by atoms with Crippen molar-refractivity contribution >= 4 is 22.6 Å². The summed E-state index contributed by atoms with van der Waals surface area (Å²) in [5.41, 5.74) is 2.28. The van der Waals surface area contributed by atoms with Crippen LogP contribution in [0.1, 0.15) is 30.9 Å². The Hall–Kier alpha value is -1.32. The summed E-state index contributed by atoms with van der Waals surface area (Å²) in [6, 6.07) is 5.37. The molecule has 1 unspecified atom stereocenters. The van der Waals surface area contributed by atoms with Crippen LogP contribution < -0.4 is 5.63 Å². The lowest BCUT2D eigenvalue weighted by Crippen LogP contribution is -2.34. The quantitative estimate of drug-likeness (QED) is 0.787. The van der Waals surface area contributed by atoms with E-state index in [1.54, 1.807) is 6.07 Å². The molecule has 0 amide bonds. The first-order chi connectivity index (χ1) is 10.0. The minimum Gasteiger partial charge on any atom is -0.423 e. The molecule has 1 aliphatic heterocycles. The summed E-state index contributed by atoms with van der Waals surface area (Å²) < 4.78 is 5.32. The van der Waals surface area contributed by atoms with Gasteiger partial charge in [-0.25, -0.2) is 4.79 Å². The molecule has 0 saturated carbocycles. The van der Waals surface area contributed by atoms with Gasteiger partial charge in [0.15, 0.2) is 0 Å². The van der Waals surface area contributed by atoms with Crippen LogP contribution in [0.25, 0.3) is 11.0 Å². The van der Waals surface area contributed by atoms with Crippen LogP contribution in [0.2, 0.25) is 5.02 Å². The Morgan fingerprint density at radius 2 is 2.19 bits per heavy atom. The van der Waals surface area contributed by atoms with E-state index in [0.29, 0.717) is 10.6 Å². The van der Waals surface area contributed by atoms with Crippen LogP contribution >= 0.6 is 11.6 Å². The number of hydrogen-bond acceptors (Lipinski definition) is 3. The molecular weight excluding hydrogens is 286 g/mol. The second kappa shape index (κ2) is 5.82. The molecule has 112 valence electrons. The first-order valence-corrected chi connectivity index (χ1v) is 7.86. The van der Waals surface area contributed by atoms with Gasteiger partial charge in [-0.3, -0.25) is 4.90 Å². The summed E-state index contributed by atoms with van der Waals surface area (Å²) in [6.45, 7) is 7.16. The highest BCUT2D eigenvalue weighted by Gasteiger charge is 2.18. The lowest BCUT2D eigenvalue weighted by molar-refractivity contribution is 0.177. The van der Waals surface area contributed by atoms with Crippen LogP contribution in [0.5, 0.6) is 0 Å². The van der Waals surface area contributed by atoms with Gasteiger partial charge in [0.1, 0.15) is 5.58 Å². The van der Waals surface area contributed by atoms with E-state index >= 15 is 0 Å². The van der Waals surface area contributed by atoms with E-state index < -0.39 is 0 Å². The molecule has 1 fully saturated rings. The molecule has 21 heavy (non-hydrogen) atoms. The van der Waals surface area contributed by atoms with Crippen LogP contribution in [0.3, 0.4) is 0 Å². The third-order valence-corrected chi connectivity index (χ3v) is 4.65. The average molecular weight is 306 g/mol. The first kappa shape index (κ1) is 14.6. The molecule has 3 nitrogen and oxygen atoms in total. The van der Waals surface area contributed by atoms with Crippen molar-refractivity contribution in [3.63, 3.8) is 0 Å². The summed E-state index contributed by atoms with van der Waals surface area (Å²) in [4.78, 5) is 14.2. The second-order valence-electron chi connectivity index (χ2n) is 6.17. The summed E-state index contributed by atoms with van der Waals surface area (Å²) >= 11 is 6.23. The fourth-order valence-electron chi connectivity index (χ4n) is 3.15. The number of benzene rings is 1. The van der Waals surface area contributed by atoms with Crippen molar-refractivity contribution in [3.8, 4) is 0 Å². The van der Waals surface area contributed by atoms with Gasteiger partial charge < -0.3 is 4.42 Å². The van der Waals surface area contributed by atoms with Gasteiger partial charge in [0, 0.05) is 29.6 Å². The van der Waals surface area contributed by atoms with Crippen molar-refractivity contribution < 1.29 is 4.42 Å². The molecule has 0 N–H and O–H groups in total. The molecule has 2 heterocycles. The molecule has 0 aliphatic carbocycles. The lowest BCUT2D eigenvalue weighted by atomic mass is 9.99. The fraction of sp³-hybridized carbons (Fsp3) is 0.471. The normalized spacial score (nSPS) is 20.0. The molecule has 0 bridgehead atoms. The van der Waals surface area contributed by atoms with Crippen molar-refractivity contribution in [3.05, 3.63) is 44.8 Å². The monoisotopic (exact) mass is 305 g/mol. The average Bonchev–Trinajstić information content (AvgIpc) is 2.41. The minimum atomic E-state index is -0.288. The van der Waals surface area contributed by atoms with Crippen molar-refractivity contribution in [2.75, 3.05) is 13.1 Å². The summed E-state index contributed by atoms with van der Waals surface area (Å²) in [5, 5.41) is 1.66. The maximum Gasteiger partial charge on any atom is 0.336 e. The van der Waals surface area contributed by atoms with Gasteiger partial charge in [0.2, 0.25) is 0 Å². The zero-order chi connectivity index (χ0) is 15.0. The topological polar surface area (TPSA) is 33.5 Å². The van der Waals surface area contributed by atoms with Gasteiger partial charge in [0.05, 0.1) is 0 Å². The van der Waals surface area contributed by atoms with E-state index in [1.165, 1.54) is 12.8 Å². The maximum atomic E-state index is 11.8. The van der Waals surface area contributed by atoms with Crippen molar-refractivity contribution in [1.29, 1.82) is 0 Å². The SMILES string of the molecule is Cc1cc2oc(=O)cc(CN3CCCC(C)C3)c2cc1Cl. The number of aryl methyl sites for hydroxylation is 1. The van der Waals surface area contributed by atoms with Crippen LogP contribution in [0, 0.1) is 12.8 Å². The molecule has 1 saturated heterocycles. The molecule has 0 spiro atoms. The number of halogens is 1. The van der Waals surface area contributed by atoms with Crippen LogP contribution in [-0.2, 0) is 6.54 Å². The van der Waals surface area contributed by atoms with Gasteiger partial charge in [0.25, 0.3) is 0 Å². The Morgan fingerprint density at radius 1 is 1.38 bits per heavy atom. The highest BCUT2D eigenvalue weighted by atomic mass is 35.5. The maximum absolute atomic E-state index is 11.8. The van der Waals surface area contributed by atoms with Crippen molar-refractivity contribution in [2.24, 2.45) is 5.92 Å². The zero-order valence-electron chi connectivity index (χ0n) is 12.5. The van der Waals surface area contributed by atoms with Gasteiger partial charge in [-0.05, 0) is 55.5 Å². The molecule has 2 aromatic rings. The molecule has 1 aliphatic rings. The number of likely N-dealkylation sites (tertiary alicyclic amines) is 1. The number of piperidine rings is 1. The van der Waals surface area contributed by atoms with E-state index in [2.05, 4.69) is 11.8 Å². The highest BCUT2D eigenvalue weighted by molar-refractivity contribution is 6.32. The molecule has 0 radical (unpaired) electrons. The highest BCUT2D eigenvalue weighted by Crippen LogP contribution is 2.27. The van der Waals surface area contributed by atoms with Crippen LogP contribution in [0.15, 0.2) is 27.4 Å². The third-order valence-electron chi connectivity index (χ3n) is 4.24. The number of nitrogens with zero attached hydrogens (tertiary/aromatic N) is 1. The van der Waals surface area contributed by atoms with E-state index in [4.69, 9.17) is 16.0 Å². The smallest absolute Gasteiger partial charge is 0.336 e. The van der Waals surface area contributed by atoms with Crippen molar-refractivity contribution in [1.82, 2.24) is 4.90 Å². The van der Waals surface area contributed by atoms with E-state index in [1.807, 2.05) is 19.1 Å². The van der Waals surface area contributed by atoms with Crippen molar-refractivity contribution in [2.45, 2.75) is 33.2 Å². The number of rotatable bonds is 2. The molecule has 1 atom stereocenters.